The lowest BCUT2D eigenvalue weighted by molar-refractivity contribution is -0.151. The lowest BCUT2D eigenvalue weighted by Gasteiger charge is -2.20. The Labute approximate surface area is 154 Å². The molecule has 0 N–H and O–H groups in total. The van der Waals surface area contributed by atoms with E-state index in [2.05, 4.69) is 0 Å². The van der Waals surface area contributed by atoms with Gasteiger partial charge in [0.25, 0.3) is 0 Å². The molecule has 0 aromatic heterocycles. The average Bonchev–Trinajstić information content (AvgIpc) is 3.55. The van der Waals surface area contributed by atoms with Gasteiger partial charge in [0, 0.05) is 6.42 Å². The van der Waals surface area contributed by atoms with Crippen LogP contribution >= 0.6 is 0 Å². The Morgan fingerprint density at radius 1 is 0.885 bits per heavy atom. The van der Waals surface area contributed by atoms with E-state index in [1.54, 1.807) is 0 Å². The zero-order valence-corrected chi connectivity index (χ0v) is 15.6. The van der Waals surface area contributed by atoms with Crippen LogP contribution in [0.2, 0.25) is 0 Å². The molecule has 2 saturated carbocycles. The van der Waals surface area contributed by atoms with Crippen molar-refractivity contribution >= 4 is 11.9 Å². The predicted octanol–water partition coefficient (Wildman–Crippen LogP) is 2.62. The van der Waals surface area contributed by atoms with Crippen molar-refractivity contribution in [2.24, 2.45) is 17.8 Å². The largest absolute Gasteiger partial charge is 0.465 e. The van der Waals surface area contributed by atoms with E-state index in [4.69, 9.17) is 18.9 Å². The van der Waals surface area contributed by atoms with Crippen LogP contribution in [-0.4, -0.2) is 49.6 Å². The van der Waals surface area contributed by atoms with Crippen molar-refractivity contribution in [2.45, 2.75) is 82.7 Å². The topological polar surface area (TPSA) is 77.7 Å². The third-order valence-electron chi connectivity index (χ3n) is 6.35. The summed E-state index contributed by atoms with van der Waals surface area (Å²) in [4.78, 5) is 24.0. The fourth-order valence-electron chi connectivity index (χ4n) is 4.35. The molecule has 2 heterocycles. The van der Waals surface area contributed by atoms with Crippen LogP contribution in [0.25, 0.3) is 0 Å². The van der Waals surface area contributed by atoms with Gasteiger partial charge in [-0.05, 0) is 56.8 Å². The molecule has 6 heteroatoms. The van der Waals surface area contributed by atoms with E-state index in [0.29, 0.717) is 55.9 Å². The molecule has 26 heavy (non-hydrogen) atoms. The molecule has 4 fully saturated rings. The summed E-state index contributed by atoms with van der Waals surface area (Å²) in [5.41, 5.74) is 0. The molecule has 0 aromatic rings. The molecule has 4 aliphatic rings. The summed E-state index contributed by atoms with van der Waals surface area (Å²) in [6.45, 7) is 2.78. The number of ether oxygens (including phenoxy) is 4. The van der Waals surface area contributed by atoms with Gasteiger partial charge in [-0.1, -0.05) is 6.92 Å². The quantitative estimate of drug-likeness (QED) is 0.485. The summed E-state index contributed by atoms with van der Waals surface area (Å²) in [7, 11) is 0. The van der Waals surface area contributed by atoms with Crippen LogP contribution in [0.3, 0.4) is 0 Å². The molecule has 4 rings (SSSR count). The van der Waals surface area contributed by atoms with Crippen LogP contribution in [0.5, 0.6) is 0 Å². The van der Waals surface area contributed by atoms with E-state index in [0.717, 1.165) is 38.5 Å². The summed E-state index contributed by atoms with van der Waals surface area (Å²) >= 11 is 0. The van der Waals surface area contributed by atoms with Crippen LogP contribution < -0.4 is 0 Å². The van der Waals surface area contributed by atoms with Gasteiger partial charge in [0.2, 0.25) is 0 Å². The van der Waals surface area contributed by atoms with E-state index >= 15 is 0 Å². The van der Waals surface area contributed by atoms with E-state index in [1.807, 2.05) is 6.92 Å². The second kappa shape index (κ2) is 7.85. The highest BCUT2D eigenvalue weighted by molar-refractivity contribution is 5.74. The maximum atomic E-state index is 12.1. The van der Waals surface area contributed by atoms with Crippen LogP contribution in [0, 0.1) is 17.8 Å². The Morgan fingerprint density at radius 2 is 1.46 bits per heavy atom. The molecule has 0 aromatic carbocycles. The van der Waals surface area contributed by atoms with Gasteiger partial charge in [-0.2, -0.15) is 0 Å². The van der Waals surface area contributed by atoms with Gasteiger partial charge in [0.15, 0.2) is 0 Å². The van der Waals surface area contributed by atoms with Gasteiger partial charge < -0.3 is 18.9 Å². The van der Waals surface area contributed by atoms with Crippen molar-refractivity contribution in [3.8, 4) is 0 Å². The molecule has 0 bridgehead atoms. The number of carbonyl (C=O) groups is 2. The fraction of sp³-hybridized carbons (Fsp3) is 0.900. The molecule has 2 aliphatic carbocycles. The van der Waals surface area contributed by atoms with Crippen LogP contribution in [0.1, 0.15) is 58.3 Å². The van der Waals surface area contributed by atoms with Crippen molar-refractivity contribution in [3.63, 3.8) is 0 Å². The van der Waals surface area contributed by atoms with Crippen molar-refractivity contribution in [2.75, 3.05) is 13.2 Å². The minimum atomic E-state index is -0.272. The highest BCUT2D eigenvalue weighted by atomic mass is 16.6. The second-order valence-corrected chi connectivity index (χ2v) is 8.54. The summed E-state index contributed by atoms with van der Waals surface area (Å²) in [6, 6.07) is 0. The fourth-order valence-corrected chi connectivity index (χ4v) is 4.35. The number of rotatable bonds is 8. The monoisotopic (exact) mass is 366 g/mol. The first-order valence-electron chi connectivity index (χ1n) is 10.2. The van der Waals surface area contributed by atoms with Crippen LogP contribution in [0.15, 0.2) is 0 Å². The summed E-state index contributed by atoms with van der Waals surface area (Å²) < 4.78 is 21.8. The molecule has 0 radical (unpaired) electrons. The lowest BCUT2D eigenvalue weighted by atomic mass is 9.90. The zero-order chi connectivity index (χ0) is 18.1. The molecule has 0 spiro atoms. The highest BCUT2D eigenvalue weighted by Gasteiger charge is 2.44. The third kappa shape index (κ3) is 4.77. The maximum absolute atomic E-state index is 12.1. The van der Waals surface area contributed by atoms with Crippen molar-refractivity contribution in [1.82, 2.24) is 0 Å². The minimum Gasteiger partial charge on any atom is -0.465 e. The Bertz CT molecular complexity index is 534. The van der Waals surface area contributed by atoms with Gasteiger partial charge in [0.1, 0.15) is 0 Å². The second-order valence-electron chi connectivity index (χ2n) is 8.54. The van der Waals surface area contributed by atoms with Gasteiger partial charge in [0.05, 0.1) is 43.5 Å². The molecule has 7 atom stereocenters. The van der Waals surface area contributed by atoms with Crippen molar-refractivity contribution < 1.29 is 28.5 Å². The summed E-state index contributed by atoms with van der Waals surface area (Å²) in [5, 5.41) is 0. The van der Waals surface area contributed by atoms with E-state index < -0.39 is 0 Å². The highest BCUT2D eigenvalue weighted by Crippen LogP contribution is 2.40. The molecule has 7 unspecified atom stereocenters. The molecule has 146 valence electrons. The standard InChI is InChI=1S/C20H30O6/c1-12(20(22)24-11-14-4-6-16-18(9-14)26-16)2-7-19(21)23-10-13-3-5-15-17(8-13)25-15/h12-18H,2-11H2,1H3. The van der Waals surface area contributed by atoms with Crippen molar-refractivity contribution in [3.05, 3.63) is 0 Å². The number of epoxide rings is 2. The molecule has 0 amide bonds. The number of carbonyl (C=O) groups excluding carboxylic acids is 2. The van der Waals surface area contributed by atoms with E-state index in [-0.39, 0.29) is 24.3 Å². The Morgan fingerprint density at radius 3 is 2.04 bits per heavy atom. The number of hydrogen-bond donors (Lipinski definition) is 0. The molecule has 2 aliphatic heterocycles. The normalized spacial score (nSPS) is 38.5. The van der Waals surface area contributed by atoms with E-state index in [1.165, 1.54) is 0 Å². The minimum absolute atomic E-state index is 0.208. The van der Waals surface area contributed by atoms with Gasteiger partial charge in [-0.15, -0.1) is 0 Å². The predicted molar refractivity (Wildman–Crippen MR) is 92.3 cm³/mol. The van der Waals surface area contributed by atoms with Crippen molar-refractivity contribution in [1.29, 1.82) is 0 Å². The lowest BCUT2D eigenvalue weighted by Crippen LogP contribution is -2.24. The first-order valence-corrected chi connectivity index (χ1v) is 10.2. The molecule has 6 nitrogen and oxygen atoms in total. The SMILES string of the molecule is CC(CCC(=O)OCC1CCC2OC2C1)C(=O)OCC1CCC2OC2C1. The Kier molecular flexibility index (Phi) is 5.50. The first kappa shape index (κ1) is 18.2. The van der Waals surface area contributed by atoms with Crippen LogP contribution in [0.4, 0.5) is 0 Å². The zero-order valence-electron chi connectivity index (χ0n) is 15.6. The van der Waals surface area contributed by atoms with Gasteiger partial charge in [-0.25, -0.2) is 0 Å². The number of fused-ring (bicyclic) bond motifs is 2. The van der Waals surface area contributed by atoms with E-state index in [9.17, 15) is 9.59 Å². The number of hydrogen-bond acceptors (Lipinski definition) is 6. The van der Waals surface area contributed by atoms with Crippen LogP contribution in [-0.2, 0) is 28.5 Å². The molecular weight excluding hydrogens is 336 g/mol. The van der Waals surface area contributed by atoms with Gasteiger partial charge in [-0.3, -0.25) is 9.59 Å². The first-order chi connectivity index (χ1) is 12.6. The smallest absolute Gasteiger partial charge is 0.308 e. The Balaban J connectivity index is 1.07. The summed E-state index contributed by atoms with van der Waals surface area (Å²) in [6.07, 6.45) is 8.84. The average molecular weight is 366 g/mol. The third-order valence-corrected chi connectivity index (χ3v) is 6.35. The summed E-state index contributed by atoms with van der Waals surface area (Å²) in [5.74, 6) is 0.154. The molecule has 2 saturated heterocycles. The maximum Gasteiger partial charge on any atom is 0.308 e. The number of esters is 2. The molecular formula is C20H30O6. The Hall–Kier alpha value is -1.14. The van der Waals surface area contributed by atoms with Gasteiger partial charge >= 0.3 is 11.9 Å².